The summed E-state index contributed by atoms with van der Waals surface area (Å²) >= 11 is 0. The molecule has 0 aromatic carbocycles. The van der Waals surface area contributed by atoms with Gasteiger partial charge in [-0.2, -0.15) is 0 Å². The van der Waals surface area contributed by atoms with E-state index in [1.165, 1.54) is 0 Å². The van der Waals surface area contributed by atoms with Crippen molar-refractivity contribution in [3.05, 3.63) is 11.9 Å². The zero-order valence-electron chi connectivity index (χ0n) is 13.8. The van der Waals surface area contributed by atoms with E-state index in [1.807, 2.05) is 0 Å². The van der Waals surface area contributed by atoms with Crippen LogP contribution in [0.4, 0.5) is 5.82 Å². The van der Waals surface area contributed by atoms with Crippen molar-refractivity contribution in [3.63, 3.8) is 0 Å². The van der Waals surface area contributed by atoms with Gasteiger partial charge in [0.15, 0.2) is 0 Å². The zero-order chi connectivity index (χ0) is 15.5. The number of unbranched alkanes of at least 4 members (excludes halogenated alkanes) is 1. The number of ether oxygens (including phenoxy) is 2. The molecule has 0 saturated heterocycles. The second-order valence-electron chi connectivity index (χ2n) is 5.34. The number of anilines is 1. The Balaban J connectivity index is 2.59. The van der Waals surface area contributed by atoms with Crippen molar-refractivity contribution < 1.29 is 9.47 Å². The van der Waals surface area contributed by atoms with Crippen LogP contribution in [0.25, 0.3) is 0 Å². The first-order valence-electron chi connectivity index (χ1n) is 7.99. The lowest BCUT2D eigenvalue weighted by Crippen LogP contribution is -2.13. The van der Waals surface area contributed by atoms with E-state index in [2.05, 4.69) is 43.0 Å². The largest absolute Gasteiger partial charge is 0.475 e. The third-order valence-corrected chi connectivity index (χ3v) is 3.08. The molecule has 0 fully saturated rings. The van der Waals surface area contributed by atoms with Gasteiger partial charge in [0.05, 0.1) is 12.2 Å². The molecule has 1 N–H and O–H groups in total. The number of aromatic nitrogens is 2. The Labute approximate surface area is 128 Å². The van der Waals surface area contributed by atoms with Gasteiger partial charge < -0.3 is 14.8 Å². The van der Waals surface area contributed by atoms with E-state index in [9.17, 15) is 0 Å². The van der Waals surface area contributed by atoms with Gasteiger partial charge in [0.2, 0.25) is 5.88 Å². The third kappa shape index (κ3) is 6.29. The van der Waals surface area contributed by atoms with Crippen molar-refractivity contribution in [1.82, 2.24) is 9.97 Å². The summed E-state index contributed by atoms with van der Waals surface area (Å²) in [4.78, 5) is 8.61. The molecule has 120 valence electrons. The van der Waals surface area contributed by atoms with Crippen molar-refractivity contribution in [2.45, 2.75) is 52.9 Å². The zero-order valence-corrected chi connectivity index (χ0v) is 13.8. The van der Waals surface area contributed by atoms with E-state index in [4.69, 9.17) is 9.47 Å². The predicted octanol–water partition coefficient (Wildman–Crippen LogP) is 3.62. The highest BCUT2D eigenvalue weighted by Gasteiger charge is 2.15. The lowest BCUT2D eigenvalue weighted by molar-refractivity contribution is 0.0960. The van der Waals surface area contributed by atoms with Crippen LogP contribution in [0.3, 0.4) is 0 Å². The molecule has 0 saturated carbocycles. The van der Waals surface area contributed by atoms with Gasteiger partial charge >= 0.3 is 0 Å². The van der Waals surface area contributed by atoms with Gasteiger partial charge in [0.1, 0.15) is 18.8 Å². The van der Waals surface area contributed by atoms with Crippen LogP contribution in [0.5, 0.6) is 5.88 Å². The highest BCUT2D eigenvalue weighted by atomic mass is 16.5. The Morgan fingerprint density at radius 3 is 2.57 bits per heavy atom. The van der Waals surface area contributed by atoms with E-state index in [1.54, 1.807) is 6.33 Å². The Kier molecular flexibility index (Phi) is 8.74. The van der Waals surface area contributed by atoms with Gasteiger partial charge in [-0.15, -0.1) is 0 Å². The monoisotopic (exact) mass is 295 g/mol. The molecule has 1 aromatic rings. The Hall–Kier alpha value is -1.36. The van der Waals surface area contributed by atoms with Gasteiger partial charge in [-0.25, -0.2) is 9.97 Å². The highest BCUT2D eigenvalue weighted by Crippen LogP contribution is 2.29. The molecule has 21 heavy (non-hydrogen) atoms. The van der Waals surface area contributed by atoms with E-state index in [0.717, 1.165) is 43.8 Å². The molecule has 5 nitrogen and oxygen atoms in total. The Morgan fingerprint density at radius 2 is 1.90 bits per heavy atom. The molecule has 0 aliphatic rings. The molecule has 0 amide bonds. The number of nitrogens with one attached hydrogen (secondary N) is 1. The fourth-order valence-electron chi connectivity index (χ4n) is 1.94. The van der Waals surface area contributed by atoms with Crippen LogP contribution < -0.4 is 10.1 Å². The van der Waals surface area contributed by atoms with Crippen LogP contribution in [0.2, 0.25) is 0 Å². The van der Waals surface area contributed by atoms with Crippen molar-refractivity contribution in [3.8, 4) is 5.88 Å². The number of hydrogen-bond donors (Lipinski definition) is 1. The number of rotatable bonds is 11. The molecule has 0 aliphatic carbocycles. The van der Waals surface area contributed by atoms with E-state index in [-0.39, 0.29) is 0 Å². The summed E-state index contributed by atoms with van der Waals surface area (Å²) in [6, 6.07) is 0. The van der Waals surface area contributed by atoms with Crippen LogP contribution in [-0.2, 0) is 4.74 Å². The lowest BCUT2D eigenvalue weighted by atomic mass is 10.1. The smallest absolute Gasteiger partial charge is 0.222 e. The average Bonchev–Trinajstić information content (AvgIpc) is 2.48. The summed E-state index contributed by atoms with van der Waals surface area (Å²) in [5.41, 5.74) is 1.04. The summed E-state index contributed by atoms with van der Waals surface area (Å²) in [7, 11) is 0. The van der Waals surface area contributed by atoms with Crippen LogP contribution >= 0.6 is 0 Å². The molecule has 0 spiro atoms. The van der Waals surface area contributed by atoms with E-state index in [0.29, 0.717) is 25.0 Å². The molecule has 0 atom stereocenters. The molecule has 0 bridgehead atoms. The average molecular weight is 295 g/mol. The summed E-state index contributed by atoms with van der Waals surface area (Å²) in [5.74, 6) is 1.85. The van der Waals surface area contributed by atoms with E-state index < -0.39 is 0 Å². The van der Waals surface area contributed by atoms with Crippen molar-refractivity contribution in [2.75, 3.05) is 31.7 Å². The first kappa shape index (κ1) is 17.7. The van der Waals surface area contributed by atoms with Crippen LogP contribution in [-0.4, -0.2) is 36.3 Å². The standard InChI is InChI=1S/C16H29N3O2/c1-5-7-9-20-10-11-21-16-14(13(3)4)15(17-8-6-2)18-12-19-16/h12-13H,5-11H2,1-4H3,(H,17,18,19). The van der Waals surface area contributed by atoms with Gasteiger partial charge in [-0.3, -0.25) is 0 Å². The van der Waals surface area contributed by atoms with Crippen LogP contribution in [0.15, 0.2) is 6.33 Å². The van der Waals surface area contributed by atoms with Gasteiger partial charge in [-0.05, 0) is 18.8 Å². The first-order valence-corrected chi connectivity index (χ1v) is 7.99. The lowest BCUT2D eigenvalue weighted by Gasteiger charge is -2.17. The fraction of sp³-hybridized carbons (Fsp3) is 0.750. The number of nitrogens with zero attached hydrogens (tertiary/aromatic N) is 2. The summed E-state index contributed by atoms with van der Waals surface area (Å²) in [6.07, 6.45) is 4.85. The second kappa shape index (κ2) is 10.4. The first-order chi connectivity index (χ1) is 10.2. The maximum absolute atomic E-state index is 5.78. The molecule has 1 heterocycles. The molecule has 0 aliphatic heterocycles. The molecule has 0 unspecified atom stereocenters. The number of hydrogen-bond acceptors (Lipinski definition) is 5. The van der Waals surface area contributed by atoms with Crippen molar-refractivity contribution in [2.24, 2.45) is 0 Å². The normalized spacial score (nSPS) is 10.9. The summed E-state index contributed by atoms with van der Waals surface area (Å²) in [5, 5.41) is 3.34. The maximum Gasteiger partial charge on any atom is 0.222 e. The van der Waals surface area contributed by atoms with Crippen LogP contribution in [0, 0.1) is 0 Å². The van der Waals surface area contributed by atoms with Crippen molar-refractivity contribution in [1.29, 1.82) is 0 Å². The maximum atomic E-state index is 5.78. The van der Waals surface area contributed by atoms with Crippen LogP contribution in [0.1, 0.15) is 58.4 Å². The fourth-order valence-corrected chi connectivity index (χ4v) is 1.94. The molecular weight excluding hydrogens is 266 g/mol. The Morgan fingerprint density at radius 1 is 1.10 bits per heavy atom. The molecule has 1 rings (SSSR count). The summed E-state index contributed by atoms with van der Waals surface area (Å²) < 4.78 is 11.3. The second-order valence-corrected chi connectivity index (χ2v) is 5.34. The van der Waals surface area contributed by atoms with Gasteiger partial charge in [-0.1, -0.05) is 34.1 Å². The highest BCUT2D eigenvalue weighted by molar-refractivity contribution is 5.50. The van der Waals surface area contributed by atoms with Gasteiger partial charge in [0, 0.05) is 13.2 Å². The molecule has 0 radical (unpaired) electrons. The predicted molar refractivity (Wildman–Crippen MR) is 86.1 cm³/mol. The quantitative estimate of drug-likeness (QED) is 0.632. The SMILES string of the molecule is CCCCOCCOc1ncnc(NCCC)c1C(C)C. The molecular formula is C16H29N3O2. The van der Waals surface area contributed by atoms with Crippen molar-refractivity contribution >= 4 is 5.82 Å². The minimum absolute atomic E-state index is 0.307. The minimum Gasteiger partial charge on any atom is -0.475 e. The molecule has 5 heteroatoms. The minimum atomic E-state index is 0.307. The van der Waals surface area contributed by atoms with E-state index >= 15 is 0 Å². The summed E-state index contributed by atoms with van der Waals surface area (Å²) in [6.45, 7) is 11.4. The third-order valence-electron chi connectivity index (χ3n) is 3.08. The van der Waals surface area contributed by atoms with Gasteiger partial charge in [0.25, 0.3) is 0 Å². The topological polar surface area (TPSA) is 56.3 Å². The molecule has 1 aromatic heterocycles. The Bertz CT molecular complexity index is 397.